The van der Waals surface area contributed by atoms with Crippen molar-refractivity contribution in [2.75, 3.05) is 44.9 Å². The lowest BCUT2D eigenvalue weighted by Crippen LogP contribution is -2.46. The van der Waals surface area contributed by atoms with Crippen molar-refractivity contribution in [3.63, 3.8) is 0 Å². The molecular formula is C26H34N2O5. The Hall–Kier alpha value is -3.06. The summed E-state index contributed by atoms with van der Waals surface area (Å²) in [6, 6.07) is 11.8. The second kappa shape index (κ2) is 11.2. The first-order chi connectivity index (χ1) is 15.8. The van der Waals surface area contributed by atoms with Gasteiger partial charge in [0.25, 0.3) is 0 Å². The van der Waals surface area contributed by atoms with Crippen molar-refractivity contribution in [1.82, 2.24) is 4.90 Å². The highest BCUT2D eigenvalue weighted by Crippen LogP contribution is 2.34. The summed E-state index contributed by atoms with van der Waals surface area (Å²) in [4.78, 5) is 28.0. The number of anilines is 1. The van der Waals surface area contributed by atoms with Crippen molar-refractivity contribution >= 4 is 17.6 Å². The number of hydrogen-bond acceptors (Lipinski definition) is 5. The molecule has 1 N–H and O–H groups in total. The van der Waals surface area contributed by atoms with E-state index >= 15 is 0 Å². The zero-order chi connectivity index (χ0) is 24.0. The highest BCUT2D eigenvalue weighted by Gasteiger charge is 2.27. The minimum absolute atomic E-state index is 0.109. The van der Waals surface area contributed by atoms with Crippen molar-refractivity contribution in [3.05, 3.63) is 47.5 Å². The Morgan fingerprint density at radius 2 is 1.76 bits per heavy atom. The van der Waals surface area contributed by atoms with Gasteiger partial charge in [0.1, 0.15) is 12.4 Å². The topological polar surface area (TPSA) is 79.3 Å². The molecule has 3 rings (SSSR count). The predicted octanol–water partition coefficient (Wildman–Crippen LogP) is 4.22. The Kier molecular flexibility index (Phi) is 8.33. The van der Waals surface area contributed by atoms with Crippen LogP contribution < -0.4 is 9.64 Å². The molecule has 178 valence electrons. The van der Waals surface area contributed by atoms with Crippen LogP contribution in [0.15, 0.2) is 36.4 Å². The van der Waals surface area contributed by atoms with E-state index in [1.807, 2.05) is 36.1 Å². The summed E-state index contributed by atoms with van der Waals surface area (Å²) in [6.45, 7) is 8.79. The number of piperidine rings is 1. The van der Waals surface area contributed by atoms with Crippen molar-refractivity contribution in [2.45, 2.75) is 39.7 Å². The molecule has 1 saturated heterocycles. The monoisotopic (exact) mass is 454 g/mol. The molecule has 1 aliphatic heterocycles. The van der Waals surface area contributed by atoms with Crippen molar-refractivity contribution in [1.29, 1.82) is 0 Å². The minimum atomic E-state index is -0.933. The molecule has 0 aromatic heterocycles. The molecule has 1 amide bonds. The minimum Gasteiger partial charge on any atom is -0.491 e. The largest absolute Gasteiger partial charge is 0.491 e. The van der Waals surface area contributed by atoms with Gasteiger partial charge >= 0.3 is 5.97 Å². The van der Waals surface area contributed by atoms with Crippen LogP contribution in [0.25, 0.3) is 11.1 Å². The van der Waals surface area contributed by atoms with E-state index in [2.05, 4.69) is 17.9 Å². The SMILES string of the molecule is CCN(c1cc(-c2ccc(OCCOC)cc2)cc(C(=O)O)c1C)C1CCN(C(C)=O)CC1. The van der Waals surface area contributed by atoms with E-state index < -0.39 is 5.97 Å². The van der Waals surface area contributed by atoms with Crippen LogP contribution in [0.5, 0.6) is 5.75 Å². The number of carbonyl (C=O) groups excluding carboxylic acids is 1. The Morgan fingerprint density at radius 1 is 1.09 bits per heavy atom. The van der Waals surface area contributed by atoms with Gasteiger partial charge < -0.3 is 24.4 Å². The zero-order valence-corrected chi connectivity index (χ0v) is 20.0. The van der Waals surface area contributed by atoms with Crippen molar-refractivity contribution < 1.29 is 24.2 Å². The Labute approximate surface area is 195 Å². The van der Waals surface area contributed by atoms with E-state index in [-0.39, 0.29) is 11.9 Å². The van der Waals surface area contributed by atoms with Gasteiger partial charge in [0.05, 0.1) is 12.2 Å². The number of nitrogens with zero attached hydrogens (tertiary/aromatic N) is 2. The van der Waals surface area contributed by atoms with Crippen LogP contribution >= 0.6 is 0 Å². The average Bonchev–Trinajstić information content (AvgIpc) is 2.81. The first-order valence-electron chi connectivity index (χ1n) is 11.5. The number of rotatable bonds is 9. The maximum Gasteiger partial charge on any atom is 0.336 e. The summed E-state index contributed by atoms with van der Waals surface area (Å²) >= 11 is 0. The fraction of sp³-hybridized carbons (Fsp3) is 0.462. The third kappa shape index (κ3) is 5.85. The number of likely N-dealkylation sites (tertiary alicyclic amines) is 1. The molecule has 1 heterocycles. The lowest BCUT2D eigenvalue weighted by atomic mass is 9.95. The first kappa shape index (κ1) is 24.6. The van der Waals surface area contributed by atoms with Crippen LogP contribution in [0, 0.1) is 6.92 Å². The van der Waals surface area contributed by atoms with Gasteiger partial charge in [0.2, 0.25) is 5.91 Å². The van der Waals surface area contributed by atoms with Crippen LogP contribution in [0.4, 0.5) is 5.69 Å². The van der Waals surface area contributed by atoms with E-state index in [1.54, 1.807) is 20.1 Å². The molecule has 0 aliphatic carbocycles. The van der Waals surface area contributed by atoms with Gasteiger partial charge in [-0.25, -0.2) is 4.79 Å². The molecule has 2 aromatic carbocycles. The summed E-state index contributed by atoms with van der Waals surface area (Å²) in [5.41, 5.74) is 3.80. The Balaban J connectivity index is 1.92. The van der Waals surface area contributed by atoms with Crippen LogP contribution in [-0.4, -0.2) is 67.9 Å². The van der Waals surface area contributed by atoms with E-state index in [0.717, 1.165) is 60.6 Å². The van der Waals surface area contributed by atoms with Gasteiger partial charge in [-0.2, -0.15) is 0 Å². The number of ether oxygens (including phenoxy) is 2. The van der Waals surface area contributed by atoms with Gasteiger partial charge in [0.15, 0.2) is 0 Å². The molecule has 0 saturated carbocycles. The number of carboxylic acids is 1. The van der Waals surface area contributed by atoms with E-state index in [1.165, 1.54) is 0 Å². The lowest BCUT2D eigenvalue weighted by molar-refractivity contribution is -0.129. The van der Waals surface area contributed by atoms with Crippen molar-refractivity contribution in [3.8, 4) is 16.9 Å². The van der Waals surface area contributed by atoms with Crippen LogP contribution in [0.1, 0.15) is 42.6 Å². The standard InChI is InChI=1S/C26H34N2O5/c1-5-28(22-10-12-27(13-11-22)19(3)29)25-17-21(16-24(18(25)2)26(30)31)20-6-8-23(9-7-20)33-15-14-32-4/h6-9,16-17,22H,5,10-15H2,1-4H3,(H,30,31). The van der Waals surface area contributed by atoms with Gasteiger partial charge in [0, 0.05) is 45.4 Å². The molecular weight excluding hydrogens is 420 g/mol. The molecule has 0 unspecified atom stereocenters. The highest BCUT2D eigenvalue weighted by atomic mass is 16.5. The fourth-order valence-corrected chi connectivity index (χ4v) is 4.49. The van der Waals surface area contributed by atoms with Gasteiger partial charge in [-0.15, -0.1) is 0 Å². The normalized spacial score (nSPS) is 14.2. The van der Waals surface area contributed by atoms with E-state index in [0.29, 0.717) is 18.8 Å². The molecule has 0 bridgehead atoms. The van der Waals surface area contributed by atoms with E-state index in [9.17, 15) is 14.7 Å². The van der Waals surface area contributed by atoms with Gasteiger partial charge in [-0.05, 0) is 67.6 Å². The Morgan fingerprint density at radius 3 is 2.30 bits per heavy atom. The molecule has 33 heavy (non-hydrogen) atoms. The molecule has 0 atom stereocenters. The lowest BCUT2D eigenvalue weighted by Gasteiger charge is -2.40. The van der Waals surface area contributed by atoms with Crippen LogP contribution in [-0.2, 0) is 9.53 Å². The fourth-order valence-electron chi connectivity index (χ4n) is 4.49. The molecule has 7 heteroatoms. The van der Waals surface area contributed by atoms with Crippen molar-refractivity contribution in [2.24, 2.45) is 0 Å². The summed E-state index contributed by atoms with van der Waals surface area (Å²) in [5.74, 6) is -0.0796. The summed E-state index contributed by atoms with van der Waals surface area (Å²) in [5, 5.41) is 9.89. The quantitative estimate of drug-likeness (QED) is 0.572. The average molecular weight is 455 g/mol. The second-order valence-electron chi connectivity index (χ2n) is 8.36. The molecule has 2 aromatic rings. The maximum absolute atomic E-state index is 12.1. The van der Waals surface area contributed by atoms with Gasteiger partial charge in [-0.3, -0.25) is 4.79 Å². The number of methoxy groups -OCH3 is 1. The number of carbonyl (C=O) groups is 2. The molecule has 7 nitrogen and oxygen atoms in total. The van der Waals surface area contributed by atoms with Gasteiger partial charge in [-0.1, -0.05) is 12.1 Å². The molecule has 0 spiro atoms. The van der Waals surface area contributed by atoms with E-state index in [4.69, 9.17) is 9.47 Å². The summed E-state index contributed by atoms with van der Waals surface area (Å²) in [6.07, 6.45) is 1.74. The number of benzene rings is 2. The molecule has 1 fully saturated rings. The third-order valence-corrected chi connectivity index (χ3v) is 6.36. The second-order valence-corrected chi connectivity index (χ2v) is 8.36. The molecule has 1 aliphatic rings. The number of aromatic carboxylic acids is 1. The summed E-state index contributed by atoms with van der Waals surface area (Å²) < 4.78 is 10.7. The summed E-state index contributed by atoms with van der Waals surface area (Å²) in [7, 11) is 1.63. The predicted molar refractivity (Wildman–Crippen MR) is 129 cm³/mol. The maximum atomic E-state index is 12.1. The Bertz CT molecular complexity index is 965. The first-order valence-corrected chi connectivity index (χ1v) is 11.5. The van der Waals surface area contributed by atoms with Crippen LogP contribution in [0.2, 0.25) is 0 Å². The zero-order valence-electron chi connectivity index (χ0n) is 20.0. The number of hydrogen-bond donors (Lipinski definition) is 1. The third-order valence-electron chi connectivity index (χ3n) is 6.36. The smallest absolute Gasteiger partial charge is 0.336 e. The molecule has 0 radical (unpaired) electrons. The number of amides is 1. The van der Waals surface area contributed by atoms with Crippen LogP contribution in [0.3, 0.4) is 0 Å². The highest BCUT2D eigenvalue weighted by molar-refractivity contribution is 5.94. The number of carboxylic acid groups (broad SMARTS) is 1.